The molecule has 0 aromatic carbocycles. The maximum Gasteiger partial charge on any atom is 0.225 e. The van der Waals surface area contributed by atoms with Crippen molar-refractivity contribution in [2.24, 2.45) is 0 Å². The fourth-order valence-corrected chi connectivity index (χ4v) is 2.05. The number of aromatic nitrogens is 1. The van der Waals surface area contributed by atoms with Gasteiger partial charge in [-0.2, -0.15) is 0 Å². The molecule has 3 nitrogen and oxygen atoms in total. The second-order valence-corrected chi connectivity index (χ2v) is 5.77. The predicted octanol–water partition coefficient (Wildman–Crippen LogP) is 4.57. The van der Waals surface area contributed by atoms with Crippen molar-refractivity contribution in [2.45, 2.75) is 71.8 Å². The SMILES string of the molecule is CCCC(CCC)c1cc(NC(C)(C)C)on1. The molecule has 0 aliphatic carbocycles. The molecule has 3 heteroatoms. The standard InChI is InChI=1S/C14H26N2O/c1-6-8-11(9-7-2)12-10-13(17-16-12)15-14(3,4)5/h10-11,15H,6-9H2,1-5H3. The largest absolute Gasteiger partial charge is 0.349 e. The van der Waals surface area contributed by atoms with Crippen LogP contribution in [0.3, 0.4) is 0 Å². The van der Waals surface area contributed by atoms with E-state index in [0.717, 1.165) is 11.6 Å². The van der Waals surface area contributed by atoms with Gasteiger partial charge in [0.2, 0.25) is 5.88 Å². The van der Waals surface area contributed by atoms with E-state index in [4.69, 9.17) is 4.52 Å². The number of hydrogen-bond acceptors (Lipinski definition) is 3. The Labute approximate surface area is 105 Å². The number of rotatable bonds is 6. The Balaban J connectivity index is 2.70. The first kappa shape index (κ1) is 14.1. The van der Waals surface area contributed by atoms with Gasteiger partial charge in [0.1, 0.15) is 0 Å². The van der Waals surface area contributed by atoms with Crippen LogP contribution < -0.4 is 5.32 Å². The summed E-state index contributed by atoms with van der Waals surface area (Å²) in [4.78, 5) is 0. The van der Waals surface area contributed by atoms with Gasteiger partial charge in [-0.15, -0.1) is 0 Å². The van der Waals surface area contributed by atoms with Gasteiger partial charge in [-0.05, 0) is 33.6 Å². The number of nitrogens with zero attached hydrogens (tertiary/aromatic N) is 1. The molecule has 0 atom stereocenters. The Morgan fingerprint density at radius 1 is 1.24 bits per heavy atom. The van der Waals surface area contributed by atoms with Crippen LogP contribution in [0.5, 0.6) is 0 Å². The maximum absolute atomic E-state index is 5.35. The first-order chi connectivity index (χ1) is 7.96. The van der Waals surface area contributed by atoms with Crippen LogP contribution in [-0.4, -0.2) is 10.7 Å². The zero-order valence-electron chi connectivity index (χ0n) is 11.8. The van der Waals surface area contributed by atoms with E-state index in [-0.39, 0.29) is 5.54 Å². The van der Waals surface area contributed by atoms with Crippen LogP contribution in [0.15, 0.2) is 10.6 Å². The Kier molecular flexibility index (Phi) is 5.03. The minimum atomic E-state index is 0.0157. The van der Waals surface area contributed by atoms with Crippen LogP contribution in [0.1, 0.15) is 71.9 Å². The van der Waals surface area contributed by atoms with E-state index in [0.29, 0.717) is 5.92 Å². The summed E-state index contributed by atoms with van der Waals surface area (Å²) >= 11 is 0. The molecule has 1 aromatic heterocycles. The molecular weight excluding hydrogens is 212 g/mol. The van der Waals surface area contributed by atoms with Crippen molar-refractivity contribution < 1.29 is 4.52 Å². The third-order valence-electron chi connectivity index (χ3n) is 2.72. The van der Waals surface area contributed by atoms with Crippen molar-refractivity contribution in [3.05, 3.63) is 11.8 Å². The first-order valence-electron chi connectivity index (χ1n) is 6.71. The molecule has 0 bridgehead atoms. The summed E-state index contributed by atoms with van der Waals surface area (Å²) in [6.45, 7) is 10.8. The third-order valence-corrected chi connectivity index (χ3v) is 2.72. The molecule has 1 rings (SSSR count). The second-order valence-electron chi connectivity index (χ2n) is 5.77. The number of nitrogens with one attached hydrogen (secondary N) is 1. The van der Waals surface area contributed by atoms with Gasteiger partial charge in [0, 0.05) is 17.5 Å². The lowest BCUT2D eigenvalue weighted by Crippen LogP contribution is -2.25. The Morgan fingerprint density at radius 2 is 1.82 bits per heavy atom. The van der Waals surface area contributed by atoms with Crippen LogP contribution in [0.25, 0.3) is 0 Å². The van der Waals surface area contributed by atoms with Crippen LogP contribution in [0.4, 0.5) is 5.88 Å². The quantitative estimate of drug-likeness (QED) is 0.789. The smallest absolute Gasteiger partial charge is 0.225 e. The van der Waals surface area contributed by atoms with Gasteiger partial charge in [-0.25, -0.2) is 0 Å². The van der Waals surface area contributed by atoms with E-state index in [1.807, 2.05) is 0 Å². The summed E-state index contributed by atoms with van der Waals surface area (Å²) in [7, 11) is 0. The molecule has 0 aliphatic heterocycles. The zero-order valence-corrected chi connectivity index (χ0v) is 11.8. The molecule has 1 N–H and O–H groups in total. The highest BCUT2D eigenvalue weighted by atomic mass is 16.5. The highest BCUT2D eigenvalue weighted by Crippen LogP contribution is 2.28. The fraction of sp³-hybridized carbons (Fsp3) is 0.786. The topological polar surface area (TPSA) is 38.1 Å². The second kappa shape index (κ2) is 6.08. The van der Waals surface area contributed by atoms with Crippen LogP contribution >= 0.6 is 0 Å². The molecular formula is C14H26N2O. The fourth-order valence-electron chi connectivity index (χ4n) is 2.05. The van der Waals surface area contributed by atoms with E-state index < -0.39 is 0 Å². The molecule has 0 saturated heterocycles. The summed E-state index contributed by atoms with van der Waals surface area (Å²) in [6.07, 6.45) is 4.77. The van der Waals surface area contributed by atoms with E-state index in [1.165, 1.54) is 25.7 Å². The molecule has 0 unspecified atom stereocenters. The molecule has 0 fully saturated rings. The number of anilines is 1. The average Bonchev–Trinajstić information content (AvgIpc) is 2.63. The monoisotopic (exact) mass is 238 g/mol. The average molecular weight is 238 g/mol. The molecule has 0 amide bonds. The molecule has 0 spiro atoms. The van der Waals surface area contributed by atoms with Crippen LogP contribution in [0, 0.1) is 0 Å². The van der Waals surface area contributed by atoms with Crippen molar-refractivity contribution in [3.8, 4) is 0 Å². The minimum absolute atomic E-state index is 0.0157. The van der Waals surface area contributed by atoms with Gasteiger partial charge >= 0.3 is 0 Å². The van der Waals surface area contributed by atoms with Crippen molar-refractivity contribution in [3.63, 3.8) is 0 Å². The van der Waals surface area contributed by atoms with Crippen molar-refractivity contribution >= 4 is 5.88 Å². The van der Waals surface area contributed by atoms with Gasteiger partial charge in [-0.3, -0.25) is 0 Å². The molecule has 0 saturated carbocycles. The van der Waals surface area contributed by atoms with E-state index in [9.17, 15) is 0 Å². The van der Waals surface area contributed by atoms with Gasteiger partial charge in [0.15, 0.2) is 0 Å². The lowest BCUT2D eigenvalue weighted by Gasteiger charge is -2.18. The summed E-state index contributed by atoms with van der Waals surface area (Å²) in [5.41, 5.74) is 1.11. The molecule has 98 valence electrons. The van der Waals surface area contributed by atoms with E-state index >= 15 is 0 Å². The summed E-state index contributed by atoms with van der Waals surface area (Å²) < 4.78 is 5.35. The molecule has 1 aromatic rings. The Bertz CT molecular complexity index is 319. The Hall–Kier alpha value is -0.990. The highest BCUT2D eigenvalue weighted by Gasteiger charge is 2.17. The van der Waals surface area contributed by atoms with Gasteiger partial charge in [0.05, 0.1) is 5.69 Å². The molecule has 0 radical (unpaired) electrons. The van der Waals surface area contributed by atoms with Gasteiger partial charge in [0.25, 0.3) is 0 Å². The first-order valence-corrected chi connectivity index (χ1v) is 6.71. The molecule has 1 heterocycles. The van der Waals surface area contributed by atoms with Crippen molar-refractivity contribution in [1.82, 2.24) is 5.16 Å². The lowest BCUT2D eigenvalue weighted by atomic mass is 9.95. The minimum Gasteiger partial charge on any atom is -0.349 e. The highest BCUT2D eigenvalue weighted by molar-refractivity contribution is 5.35. The number of hydrogen-bond donors (Lipinski definition) is 1. The van der Waals surface area contributed by atoms with E-state index in [1.54, 1.807) is 0 Å². The zero-order chi connectivity index (χ0) is 12.9. The summed E-state index contributed by atoms with van der Waals surface area (Å²) in [6, 6.07) is 2.06. The van der Waals surface area contributed by atoms with Gasteiger partial charge < -0.3 is 9.84 Å². The van der Waals surface area contributed by atoms with Crippen molar-refractivity contribution in [2.75, 3.05) is 5.32 Å². The Morgan fingerprint density at radius 3 is 2.29 bits per heavy atom. The predicted molar refractivity (Wildman–Crippen MR) is 72.4 cm³/mol. The third kappa shape index (κ3) is 4.80. The molecule has 17 heavy (non-hydrogen) atoms. The van der Waals surface area contributed by atoms with Gasteiger partial charge in [-0.1, -0.05) is 31.8 Å². The summed E-state index contributed by atoms with van der Waals surface area (Å²) in [5.74, 6) is 1.33. The summed E-state index contributed by atoms with van der Waals surface area (Å²) in [5, 5.41) is 7.51. The normalized spacial score (nSPS) is 12.1. The molecule has 0 aliphatic rings. The van der Waals surface area contributed by atoms with E-state index in [2.05, 4.69) is 51.2 Å². The van der Waals surface area contributed by atoms with Crippen LogP contribution in [0.2, 0.25) is 0 Å². The lowest BCUT2D eigenvalue weighted by molar-refractivity contribution is 0.400. The maximum atomic E-state index is 5.35. The van der Waals surface area contributed by atoms with Crippen LogP contribution in [-0.2, 0) is 0 Å². The van der Waals surface area contributed by atoms with Crippen molar-refractivity contribution in [1.29, 1.82) is 0 Å².